The number of amides is 4. The van der Waals surface area contributed by atoms with Gasteiger partial charge < -0.3 is 37.1 Å². The van der Waals surface area contributed by atoms with Crippen molar-refractivity contribution < 1.29 is 29.1 Å². The molecule has 3 rings (SSSR count). The summed E-state index contributed by atoms with van der Waals surface area (Å²) in [6.45, 7) is 0.178. The van der Waals surface area contributed by atoms with Crippen LogP contribution in [-0.4, -0.2) is 70.9 Å². The quantitative estimate of drug-likeness (QED) is 0.207. The first-order valence-electron chi connectivity index (χ1n) is 10.9. The normalized spacial score (nSPS) is 17.0. The Balaban J connectivity index is 1.67. The number of rotatable bonds is 11. The molecule has 0 aliphatic carbocycles. The minimum absolute atomic E-state index is 0.176. The Bertz CT molecular complexity index is 1080. The third-order valence-corrected chi connectivity index (χ3v) is 5.57. The average Bonchev–Trinajstić information content (AvgIpc) is 3.47. The number of nitrogens with two attached hydrogens (primary N) is 1. The van der Waals surface area contributed by atoms with Crippen LogP contribution in [0.3, 0.4) is 0 Å². The molecule has 1 aliphatic rings. The minimum Gasteiger partial charge on any atom is -0.480 e. The lowest BCUT2D eigenvalue weighted by atomic mass is 10.0. The molecule has 12 heteroatoms. The zero-order valence-electron chi connectivity index (χ0n) is 18.4. The Morgan fingerprint density at radius 2 is 1.88 bits per heavy atom. The number of carbonyl (C=O) groups is 5. The van der Waals surface area contributed by atoms with E-state index in [4.69, 9.17) is 10.8 Å². The number of benzene rings is 1. The standard InChI is InChI=1S/C22H28N6O6/c23-18(29)9-17(22(33)34)27-19(30)11-26-20(31)16(28-21(32)15-6-3-7-24-15)8-12-10-25-14-5-2-1-4-13(12)14/h1-2,4-5,10,15-17,24-25H,3,6-9,11H2,(H2,23,29)(H,26,31)(H,27,30)(H,28,32)(H,33,34). The van der Waals surface area contributed by atoms with E-state index in [1.54, 1.807) is 6.20 Å². The smallest absolute Gasteiger partial charge is 0.326 e. The molecule has 1 saturated heterocycles. The molecule has 34 heavy (non-hydrogen) atoms. The Labute approximate surface area is 195 Å². The van der Waals surface area contributed by atoms with Crippen LogP contribution >= 0.6 is 0 Å². The number of para-hydroxylation sites is 1. The number of aromatic amines is 1. The van der Waals surface area contributed by atoms with Gasteiger partial charge in [0, 0.05) is 23.5 Å². The van der Waals surface area contributed by atoms with E-state index in [9.17, 15) is 24.0 Å². The lowest BCUT2D eigenvalue weighted by Crippen LogP contribution is -2.54. The maximum atomic E-state index is 12.9. The van der Waals surface area contributed by atoms with Gasteiger partial charge in [-0.2, -0.15) is 0 Å². The zero-order chi connectivity index (χ0) is 24.7. The Morgan fingerprint density at radius 3 is 2.56 bits per heavy atom. The van der Waals surface area contributed by atoms with Gasteiger partial charge in [0.15, 0.2) is 0 Å². The van der Waals surface area contributed by atoms with Crippen molar-refractivity contribution in [1.29, 1.82) is 0 Å². The van der Waals surface area contributed by atoms with Gasteiger partial charge in [0.05, 0.1) is 19.0 Å². The summed E-state index contributed by atoms with van der Waals surface area (Å²) in [4.78, 5) is 63.0. The van der Waals surface area contributed by atoms with Crippen LogP contribution in [0.15, 0.2) is 30.5 Å². The Kier molecular flexibility index (Phi) is 8.19. The number of nitrogens with one attached hydrogen (secondary N) is 5. The fourth-order valence-electron chi connectivity index (χ4n) is 3.85. The molecule has 1 aliphatic heterocycles. The number of carboxylic acid groups (broad SMARTS) is 1. The summed E-state index contributed by atoms with van der Waals surface area (Å²) >= 11 is 0. The number of aromatic nitrogens is 1. The van der Waals surface area contributed by atoms with Crippen molar-refractivity contribution in [2.75, 3.05) is 13.1 Å². The molecule has 2 aromatic rings. The Morgan fingerprint density at radius 1 is 1.12 bits per heavy atom. The van der Waals surface area contributed by atoms with Crippen LogP contribution in [0, 0.1) is 0 Å². The van der Waals surface area contributed by atoms with Crippen LogP contribution in [0.5, 0.6) is 0 Å². The lowest BCUT2D eigenvalue weighted by molar-refractivity contribution is -0.143. The second-order valence-electron chi connectivity index (χ2n) is 8.12. The number of hydrogen-bond donors (Lipinski definition) is 7. The van der Waals surface area contributed by atoms with E-state index in [1.807, 2.05) is 24.3 Å². The van der Waals surface area contributed by atoms with Gasteiger partial charge in [0.1, 0.15) is 12.1 Å². The van der Waals surface area contributed by atoms with Gasteiger partial charge in [-0.15, -0.1) is 0 Å². The highest BCUT2D eigenvalue weighted by Crippen LogP contribution is 2.19. The van der Waals surface area contributed by atoms with Gasteiger partial charge >= 0.3 is 5.97 Å². The summed E-state index contributed by atoms with van der Waals surface area (Å²) in [5, 5.41) is 20.4. The molecule has 1 aromatic heterocycles. The number of carboxylic acids is 1. The highest BCUT2D eigenvalue weighted by Gasteiger charge is 2.29. The Hall–Kier alpha value is -3.93. The summed E-state index contributed by atoms with van der Waals surface area (Å²) in [5.41, 5.74) is 6.70. The molecule has 1 aromatic carbocycles. The number of primary amides is 1. The molecule has 0 saturated carbocycles. The number of H-pyrrole nitrogens is 1. The average molecular weight is 473 g/mol. The molecular weight excluding hydrogens is 444 g/mol. The zero-order valence-corrected chi connectivity index (χ0v) is 18.4. The highest BCUT2D eigenvalue weighted by molar-refractivity contribution is 5.94. The molecule has 4 amide bonds. The molecule has 3 atom stereocenters. The van der Waals surface area contributed by atoms with E-state index in [2.05, 4.69) is 26.3 Å². The first-order chi connectivity index (χ1) is 16.2. The van der Waals surface area contributed by atoms with E-state index in [0.717, 1.165) is 22.9 Å². The SMILES string of the molecule is NC(=O)CC(NC(=O)CNC(=O)C(Cc1c[nH]c2ccccc12)NC(=O)C1CCCN1)C(=O)O. The number of fused-ring (bicyclic) bond motifs is 1. The molecule has 1 fully saturated rings. The molecule has 12 nitrogen and oxygen atoms in total. The summed E-state index contributed by atoms with van der Waals surface area (Å²) in [7, 11) is 0. The second kappa shape index (κ2) is 11.3. The van der Waals surface area contributed by atoms with Gasteiger partial charge in [-0.05, 0) is 31.0 Å². The van der Waals surface area contributed by atoms with Gasteiger partial charge in [-0.3, -0.25) is 19.2 Å². The third-order valence-electron chi connectivity index (χ3n) is 5.57. The van der Waals surface area contributed by atoms with Crippen molar-refractivity contribution >= 4 is 40.5 Å². The molecular formula is C22H28N6O6. The third kappa shape index (κ3) is 6.54. The molecule has 182 valence electrons. The van der Waals surface area contributed by atoms with E-state index >= 15 is 0 Å². The van der Waals surface area contributed by atoms with Crippen LogP contribution in [0.2, 0.25) is 0 Å². The van der Waals surface area contributed by atoms with Gasteiger partial charge in [-0.25, -0.2) is 4.79 Å². The van der Waals surface area contributed by atoms with Crippen molar-refractivity contribution in [1.82, 2.24) is 26.3 Å². The van der Waals surface area contributed by atoms with E-state index in [0.29, 0.717) is 13.0 Å². The van der Waals surface area contributed by atoms with Gasteiger partial charge in [0.2, 0.25) is 23.6 Å². The maximum absolute atomic E-state index is 12.9. The molecule has 0 bridgehead atoms. The predicted octanol–water partition coefficient (Wildman–Crippen LogP) is -1.49. The fraction of sp³-hybridized carbons (Fsp3) is 0.409. The van der Waals surface area contributed by atoms with Crippen molar-refractivity contribution in [3.8, 4) is 0 Å². The predicted molar refractivity (Wildman–Crippen MR) is 121 cm³/mol. The van der Waals surface area contributed by atoms with Crippen LogP contribution < -0.4 is 27.0 Å². The molecule has 0 spiro atoms. The summed E-state index contributed by atoms with van der Waals surface area (Å²) < 4.78 is 0. The largest absolute Gasteiger partial charge is 0.480 e. The highest BCUT2D eigenvalue weighted by atomic mass is 16.4. The van der Waals surface area contributed by atoms with Crippen molar-refractivity contribution in [3.63, 3.8) is 0 Å². The molecule has 3 unspecified atom stereocenters. The number of hydrogen-bond acceptors (Lipinski definition) is 6. The van der Waals surface area contributed by atoms with Crippen molar-refractivity contribution in [2.24, 2.45) is 5.73 Å². The molecule has 8 N–H and O–H groups in total. The van der Waals surface area contributed by atoms with Crippen molar-refractivity contribution in [3.05, 3.63) is 36.0 Å². The van der Waals surface area contributed by atoms with E-state index < -0.39 is 54.8 Å². The fourth-order valence-corrected chi connectivity index (χ4v) is 3.85. The summed E-state index contributed by atoms with van der Waals surface area (Å²) in [6, 6.07) is 4.66. The summed E-state index contributed by atoms with van der Waals surface area (Å²) in [5.74, 6) is -4.04. The minimum atomic E-state index is -1.50. The molecule has 2 heterocycles. The van der Waals surface area contributed by atoms with Gasteiger partial charge in [0.25, 0.3) is 0 Å². The molecule has 0 radical (unpaired) electrons. The maximum Gasteiger partial charge on any atom is 0.326 e. The lowest BCUT2D eigenvalue weighted by Gasteiger charge is -2.21. The number of aliphatic carboxylic acids is 1. The van der Waals surface area contributed by atoms with Crippen LogP contribution in [-0.2, 0) is 30.4 Å². The van der Waals surface area contributed by atoms with Gasteiger partial charge in [-0.1, -0.05) is 18.2 Å². The second-order valence-corrected chi connectivity index (χ2v) is 8.12. The van der Waals surface area contributed by atoms with Crippen LogP contribution in [0.25, 0.3) is 10.9 Å². The van der Waals surface area contributed by atoms with E-state index in [-0.39, 0.29) is 12.3 Å². The summed E-state index contributed by atoms with van der Waals surface area (Å²) in [6.07, 6.45) is 2.87. The first kappa shape index (κ1) is 24.7. The first-order valence-corrected chi connectivity index (χ1v) is 10.9. The van der Waals surface area contributed by atoms with E-state index in [1.165, 1.54) is 0 Å². The monoisotopic (exact) mass is 472 g/mol. The van der Waals surface area contributed by atoms with Crippen LogP contribution in [0.1, 0.15) is 24.8 Å². The van der Waals surface area contributed by atoms with Crippen molar-refractivity contribution in [2.45, 2.75) is 43.8 Å². The van der Waals surface area contributed by atoms with Crippen LogP contribution in [0.4, 0.5) is 0 Å². The number of carbonyl (C=O) groups excluding carboxylic acids is 4. The topological polar surface area (TPSA) is 196 Å².